The first-order valence-electron chi connectivity index (χ1n) is 7.25. The predicted octanol–water partition coefficient (Wildman–Crippen LogP) is 3.26. The van der Waals surface area contributed by atoms with E-state index >= 15 is 0 Å². The third-order valence-corrected chi connectivity index (χ3v) is 3.29. The SMILES string of the molecule is C/C(=N\NC(=O)CNc1cccc(C)c1)c1ccc(C)cc1. The lowest BCUT2D eigenvalue weighted by Crippen LogP contribution is -2.26. The minimum absolute atomic E-state index is 0.173. The van der Waals surface area contributed by atoms with E-state index in [0.717, 1.165) is 22.5 Å². The number of nitrogens with zero attached hydrogens (tertiary/aromatic N) is 1. The van der Waals surface area contributed by atoms with E-state index in [4.69, 9.17) is 0 Å². The van der Waals surface area contributed by atoms with Crippen LogP contribution in [0.3, 0.4) is 0 Å². The Morgan fingerprint density at radius 2 is 1.77 bits per heavy atom. The third kappa shape index (κ3) is 4.74. The van der Waals surface area contributed by atoms with Crippen molar-refractivity contribution in [1.29, 1.82) is 0 Å². The third-order valence-electron chi connectivity index (χ3n) is 3.29. The van der Waals surface area contributed by atoms with Crippen LogP contribution in [-0.2, 0) is 4.79 Å². The summed E-state index contributed by atoms with van der Waals surface area (Å²) in [5.41, 5.74) is 7.62. The predicted molar refractivity (Wildman–Crippen MR) is 91.2 cm³/mol. The van der Waals surface area contributed by atoms with Crippen LogP contribution in [0.1, 0.15) is 23.6 Å². The zero-order valence-corrected chi connectivity index (χ0v) is 13.2. The lowest BCUT2D eigenvalue weighted by Gasteiger charge is -2.07. The molecule has 0 fully saturated rings. The van der Waals surface area contributed by atoms with Gasteiger partial charge < -0.3 is 5.32 Å². The molecule has 22 heavy (non-hydrogen) atoms. The fourth-order valence-corrected chi connectivity index (χ4v) is 1.98. The first kappa shape index (κ1) is 15.8. The Bertz CT molecular complexity index is 675. The first-order valence-corrected chi connectivity index (χ1v) is 7.25. The van der Waals surface area contributed by atoms with Gasteiger partial charge in [-0.25, -0.2) is 5.43 Å². The van der Waals surface area contributed by atoms with Crippen LogP contribution in [0.2, 0.25) is 0 Å². The van der Waals surface area contributed by atoms with Crippen LogP contribution in [0.15, 0.2) is 53.6 Å². The number of hydrogen-bond donors (Lipinski definition) is 2. The summed E-state index contributed by atoms with van der Waals surface area (Å²) in [5, 5.41) is 7.21. The number of carbonyl (C=O) groups excluding carboxylic acids is 1. The van der Waals surface area contributed by atoms with Crippen molar-refractivity contribution in [2.24, 2.45) is 5.10 Å². The van der Waals surface area contributed by atoms with Gasteiger partial charge in [-0.15, -0.1) is 0 Å². The minimum atomic E-state index is -0.173. The summed E-state index contributed by atoms with van der Waals surface area (Å²) in [6.07, 6.45) is 0. The van der Waals surface area contributed by atoms with Crippen molar-refractivity contribution in [3.8, 4) is 0 Å². The molecule has 4 heteroatoms. The maximum absolute atomic E-state index is 11.8. The summed E-state index contributed by atoms with van der Waals surface area (Å²) in [4.78, 5) is 11.8. The number of benzene rings is 2. The molecule has 0 aliphatic carbocycles. The molecule has 0 spiro atoms. The van der Waals surface area contributed by atoms with Crippen LogP contribution in [0, 0.1) is 13.8 Å². The lowest BCUT2D eigenvalue weighted by molar-refractivity contribution is -0.119. The number of aryl methyl sites for hydroxylation is 2. The molecule has 2 aromatic rings. The van der Waals surface area contributed by atoms with Gasteiger partial charge in [0.1, 0.15) is 0 Å². The molecule has 0 aliphatic rings. The van der Waals surface area contributed by atoms with Crippen molar-refractivity contribution in [3.05, 3.63) is 65.2 Å². The Hall–Kier alpha value is -2.62. The Morgan fingerprint density at radius 3 is 2.45 bits per heavy atom. The zero-order valence-electron chi connectivity index (χ0n) is 13.2. The van der Waals surface area contributed by atoms with E-state index in [1.807, 2.05) is 69.3 Å². The summed E-state index contributed by atoms with van der Waals surface area (Å²) in [5.74, 6) is -0.173. The highest BCUT2D eigenvalue weighted by molar-refractivity contribution is 5.99. The average Bonchev–Trinajstić information content (AvgIpc) is 2.51. The number of anilines is 1. The second-order valence-electron chi connectivity index (χ2n) is 5.32. The van der Waals surface area contributed by atoms with Gasteiger partial charge in [0.25, 0.3) is 5.91 Å². The van der Waals surface area contributed by atoms with Crippen LogP contribution in [0.4, 0.5) is 5.69 Å². The van der Waals surface area contributed by atoms with Crippen molar-refractivity contribution in [3.63, 3.8) is 0 Å². The molecule has 2 N–H and O–H groups in total. The largest absolute Gasteiger partial charge is 0.376 e. The summed E-state index contributed by atoms with van der Waals surface area (Å²) >= 11 is 0. The Morgan fingerprint density at radius 1 is 1.05 bits per heavy atom. The van der Waals surface area contributed by atoms with Crippen LogP contribution in [0.25, 0.3) is 0 Å². The van der Waals surface area contributed by atoms with Gasteiger partial charge in [0, 0.05) is 5.69 Å². The van der Waals surface area contributed by atoms with Gasteiger partial charge in [-0.3, -0.25) is 4.79 Å². The van der Waals surface area contributed by atoms with E-state index in [1.54, 1.807) is 0 Å². The first-order chi connectivity index (χ1) is 10.5. The summed E-state index contributed by atoms with van der Waals surface area (Å²) < 4.78 is 0. The van der Waals surface area contributed by atoms with Crippen molar-refractivity contribution < 1.29 is 4.79 Å². The van der Waals surface area contributed by atoms with Crippen molar-refractivity contribution in [2.45, 2.75) is 20.8 Å². The van der Waals surface area contributed by atoms with E-state index in [-0.39, 0.29) is 12.5 Å². The van der Waals surface area contributed by atoms with Gasteiger partial charge in [0.15, 0.2) is 0 Å². The van der Waals surface area contributed by atoms with E-state index < -0.39 is 0 Å². The van der Waals surface area contributed by atoms with Gasteiger partial charge in [0.05, 0.1) is 12.3 Å². The molecule has 1 amide bonds. The molecule has 0 aromatic heterocycles. The average molecular weight is 295 g/mol. The van der Waals surface area contributed by atoms with Gasteiger partial charge >= 0.3 is 0 Å². The highest BCUT2D eigenvalue weighted by Gasteiger charge is 2.01. The highest BCUT2D eigenvalue weighted by atomic mass is 16.2. The number of nitrogens with one attached hydrogen (secondary N) is 2. The molecule has 0 bridgehead atoms. The summed E-state index contributed by atoms with van der Waals surface area (Å²) in [6, 6.07) is 15.9. The molecule has 2 aromatic carbocycles. The van der Waals surface area contributed by atoms with Crippen molar-refractivity contribution in [2.75, 3.05) is 11.9 Å². The molecule has 0 saturated carbocycles. The molecular weight excluding hydrogens is 274 g/mol. The minimum Gasteiger partial charge on any atom is -0.376 e. The molecule has 0 radical (unpaired) electrons. The number of carbonyl (C=O) groups is 1. The zero-order chi connectivity index (χ0) is 15.9. The van der Waals surface area contributed by atoms with Crippen LogP contribution in [-0.4, -0.2) is 18.2 Å². The molecule has 0 saturated heterocycles. The number of rotatable bonds is 5. The molecule has 0 heterocycles. The van der Waals surface area contributed by atoms with Crippen LogP contribution in [0.5, 0.6) is 0 Å². The fourth-order valence-electron chi connectivity index (χ4n) is 1.98. The van der Waals surface area contributed by atoms with Crippen molar-refractivity contribution in [1.82, 2.24) is 5.43 Å². The van der Waals surface area contributed by atoms with Crippen molar-refractivity contribution >= 4 is 17.3 Å². The highest BCUT2D eigenvalue weighted by Crippen LogP contribution is 2.08. The molecule has 0 aliphatic heterocycles. The topological polar surface area (TPSA) is 53.5 Å². The fraction of sp³-hybridized carbons (Fsp3) is 0.222. The van der Waals surface area contributed by atoms with E-state index in [1.165, 1.54) is 5.56 Å². The lowest BCUT2D eigenvalue weighted by atomic mass is 10.1. The van der Waals surface area contributed by atoms with Gasteiger partial charge in [-0.2, -0.15) is 5.10 Å². The maximum atomic E-state index is 11.8. The Balaban J connectivity index is 1.86. The van der Waals surface area contributed by atoms with Gasteiger partial charge in [-0.1, -0.05) is 42.0 Å². The molecule has 114 valence electrons. The van der Waals surface area contributed by atoms with Gasteiger partial charge in [0.2, 0.25) is 0 Å². The molecule has 2 rings (SSSR count). The maximum Gasteiger partial charge on any atom is 0.259 e. The number of hydrazone groups is 1. The quantitative estimate of drug-likeness (QED) is 0.657. The number of amides is 1. The Labute approximate surface area is 131 Å². The molecule has 0 unspecified atom stereocenters. The second kappa shape index (κ2) is 7.41. The van der Waals surface area contributed by atoms with Crippen LogP contribution < -0.4 is 10.7 Å². The monoisotopic (exact) mass is 295 g/mol. The normalized spacial score (nSPS) is 11.1. The van der Waals surface area contributed by atoms with Gasteiger partial charge in [-0.05, 0) is 44.0 Å². The molecule has 0 atom stereocenters. The second-order valence-corrected chi connectivity index (χ2v) is 5.32. The molecular formula is C18H21N3O. The van der Waals surface area contributed by atoms with E-state index in [0.29, 0.717) is 0 Å². The smallest absolute Gasteiger partial charge is 0.259 e. The van der Waals surface area contributed by atoms with E-state index in [9.17, 15) is 4.79 Å². The molecule has 4 nitrogen and oxygen atoms in total. The summed E-state index contributed by atoms with van der Waals surface area (Å²) in [6.45, 7) is 6.11. The van der Waals surface area contributed by atoms with E-state index in [2.05, 4.69) is 15.8 Å². The standard InChI is InChI=1S/C18H21N3O/c1-13-7-9-16(10-8-13)15(3)20-21-18(22)12-19-17-6-4-5-14(2)11-17/h4-11,19H,12H2,1-3H3,(H,21,22)/b20-15+. The van der Waals surface area contributed by atoms with Crippen LogP contribution >= 0.6 is 0 Å². The summed E-state index contributed by atoms with van der Waals surface area (Å²) in [7, 11) is 0. The Kier molecular flexibility index (Phi) is 5.31. The number of hydrogen-bond acceptors (Lipinski definition) is 3.